The molecule has 6 heterocycles. The minimum Gasteiger partial charge on any atom is -0.456 e. The first kappa shape index (κ1) is 75.6. The van der Waals surface area contributed by atoms with Gasteiger partial charge < -0.3 is 27.5 Å². The molecule has 2 aliphatic rings. The van der Waals surface area contributed by atoms with E-state index in [0.29, 0.717) is 0 Å². The van der Waals surface area contributed by atoms with Crippen LogP contribution in [0.2, 0.25) is 0 Å². The summed E-state index contributed by atoms with van der Waals surface area (Å²) >= 11 is 0. The number of fused-ring (bicyclic) bond motifs is 16. The van der Waals surface area contributed by atoms with Gasteiger partial charge in [0.05, 0.1) is 11.4 Å². The first-order chi connectivity index (χ1) is 63.2. The van der Waals surface area contributed by atoms with E-state index in [9.17, 15) is 0 Å². The molecule has 2 aliphatic heterocycles. The summed E-state index contributed by atoms with van der Waals surface area (Å²) in [6, 6.07) is 151. The molecule has 6 nitrogen and oxygen atoms in total. The van der Waals surface area contributed by atoms with Gasteiger partial charge in [0.25, 0.3) is 6.71 Å². The lowest BCUT2D eigenvalue weighted by molar-refractivity contribution is 0.590. The number of para-hydroxylation sites is 5. The van der Waals surface area contributed by atoms with Gasteiger partial charge in [0.2, 0.25) is 0 Å². The molecular formula is C122H85BN2O4. The van der Waals surface area contributed by atoms with E-state index >= 15 is 0 Å². The summed E-state index contributed by atoms with van der Waals surface area (Å²) in [6.45, 7) is 13.7. The van der Waals surface area contributed by atoms with Gasteiger partial charge in [-0.1, -0.05) is 315 Å². The van der Waals surface area contributed by atoms with Gasteiger partial charge in [-0.05, 0) is 261 Å². The predicted molar refractivity (Wildman–Crippen MR) is 541 cm³/mol. The molecule has 0 N–H and O–H groups in total. The molecule has 25 rings (SSSR count). The van der Waals surface area contributed by atoms with E-state index in [2.05, 4.69) is 458 Å². The number of anilines is 6. The Bertz CT molecular complexity index is 8130. The number of hydrogen-bond donors (Lipinski definition) is 0. The van der Waals surface area contributed by atoms with Crippen molar-refractivity contribution in [2.75, 3.05) is 9.80 Å². The summed E-state index contributed by atoms with van der Waals surface area (Å²) in [7, 11) is 0. The van der Waals surface area contributed by atoms with Gasteiger partial charge in [-0.3, -0.25) is 0 Å². The van der Waals surface area contributed by atoms with Crippen LogP contribution in [0.3, 0.4) is 0 Å². The molecule has 23 aromatic rings. The van der Waals surface area contributed by atoms with Crippen molar-refractivity contribution in [3.8, 4) is 111 Å². The minimum atomic E-state index is -0.407. The van der Waals surface area contributed by atoms with Crippen LogP contribution in [-0.4, -0.2) is 6.71 Å². The average Bonchev–Trinajstić information content (AvgIpc) is 1.64. The fourth-order valence-electron chi connectivity index (χ4n) is 21.0. The van der Waals surface area contributed by atoms with Gasteiger partial charge >= 0.3 is 0 Å². The Kier molecular flexibility index (Phi) is 17.2. The third-order valence-corrected chi connectivity index (χ3v) is 27.1. The van der Waals surface area contributed by atoms with E-state index in [4.69, 9.17) is 17.7 Å². The zero-order chi connectivity index (χ0) is 86.1. The Morgan fingerprint density at radius 3 is 0.798 bits per heavy atom. The molecule has 4 aromatic heterocycles. The number of rotatable bonds is 12. The van der Waals surface area contributed by atoms with Gasteiger partial charge in [0, 0.05) is 88.1 Å². The first-order valence-corrected chi connectivity index (χ1v) is 44.8. The standard InChI is InChI=1S/C122H85BN2O4/c1-121(2,3)86-70-96(88-45-29-55-110-114(88)92-41-19-25-51-106(92)126-110)119(97(71-86)89-46-30-56-111-115(89)93-42-20-26-52-107(93)127-111)124-102-50-24-23-49-100(102)123-101-67-78(83-63-79(74-33-11-7-12-34-74)61-80(64-83)75-35-13-8-14-36-75)59-60-103(101)125(105-69-85(68-104(124)118(105)123)84-65-81(76-37-15-9-16-38-76)62-82(66-84)77-39-17-10-18-40-77)120-98(90-47-31-57-112-116(90)94-43-21-27-53-108(94)128-112)72-87(122(4,5)6)73-99(120)91-48-32-58-113-117(91)95-44-22-28-54-109(95)129-113/h7-73H,1-6H3. The van der Waals surface area contributed by atoms with Crippen LogP contribution in [0.25, 0.3) is 199 Å². The molecule has 0 amide bonds. The van der Waals surface area contributed by atoms with Crippen LogP contribution in [0.5, 0.6) is 0 Å². The summed E-state index contributed by atoms with van der Waals surface area (Å²) < 4.78 is 28.3. The topological polar surface area (TPSA) is 59.0 Å². The van der Waals surface area contributed by atoms with Gasteiger partial charge in [0.1, 0.15) is 44.7 Å². The molecule has 0 unspecified atom stereocenters. The van der Waals surface area contributed by atoms with Gasteiger partial charge in [-0.25, -0.2) is 0 Å². The monoisotopic (exact) mass is 1650 g/mol. The van der Waals surface area contributed by atoms with E-state index in [0.717, 1.165) is 250 Å². The smallest absolute Gasteiger partial charge is 0.252 e. The highest BCUT2D eigenvalue weighted by Crippen LogP contribution is 2.59. The van der Waals surface area contributed by atoms with Crippen molar-refractivity contribution in [1.29, 1.82) is 0 Å². The second-order valence-electron chi connectivity index (χ2n) is 36.9. The lowest BCUT2D eigenvalue weighted by Gasteiger charge is -2.46. The van der Waals surface area contributed by atoms with Gasteiger partial charge in [-0.15, -0.1) is 0 Å². The molecule has 0 atom stereocenters. The van der Waals surface area contributed by atoms with Crippen LogP contribution in [0.15, 0.2) is 424 Å². The highest BCUT2D eigenvalue weighted by atomic mass is 16.3. The zero-order valence-electron chi connectivity index (χ0n) is 72.3. The molecule has 0 fully saturated rings. The lowest BCUT2D eigenvalue weighted by atomic mass is 9.33. The van der Waals surface area contributed by atoms with Crippen LogP contribution >= 0.6 is 0 Å². The fourth-order valence-corrected chi connectivity index (χ4v) is 21.0. The van der Waals surface area contributed by atoms with Crippen LogP contribution < -0.4 is 26.2 Å². The summed E-state index contributed by atoms with van der Waals surface area (Å²) in [6.07, 6.45) is 0. The maximum Gasteiger partial charge on any atom is 0.252 e. The Balaban J connectivity index is 0.893. The Labute approximate surface area is 748 Å². The summed E-state index contributed by atoms with van der Waals surface area (Å²) in [5.41, 5.74) is 39.4. The molecule has 0 saturated heterocycles. The number of furan rings is 4. The maximum absolute atomic E-state index is 7.08. The quantitative estimate of drug-likeness (QED) is 0.114. The molecule has 0 bridgehead atoms. The molecular weight excluding hydrogens is 1570 g/mol. The normalized spacial score (nSPS) is 12.7. The first-order valence-electron chi connectivity index (χ1n) is 44.8. The SMILES string of the molecule is CC(C)(C)c1cc(-c2cccc3oc4ccccc4c23)c(N2c3ccccc3B3c4cc(-c5cc(-c6ccccc6)cc(-c6ccccc6)c5)ccc4N(c4c(-c5cccc6oc7ccccc7c56)cc(C(C)(C)C)cc4-c4cccc5oc6ccccc6c45)c4cc(-c5cc(-c6ccccc6)cc(-c6ccccc6)c5)cc2c43)c(-c2cccc3oc4ccccc4c23)c1. The van der Waals surface area contributed by atoms with Crippen LogP contribution in [0, 0.1) is 0 Å². The largest absolute Gasteiger partial charge is 0.456 e. The highest BCUT2D eigenvalue weighted by molar-refractivity contribution is 7.00. The number of hydrogen-bond acceptors (Lipinski definition) is 6. The van der Waals surface area contributed by atoms with Crippen molar-refractivity contribution in [3.05, 3.63) is 418 Å². The van der Waals surface area contributed by atoms with Crippen LogP contribution in [0.4, 0.5) is 34.1 Å². The lowest BCUT2D eigenvalue weighted by Crippen LogP contribution is -2.61. The van der Waals surface area contributed by atoms with Crippen molar-refractivity contribution < 1.29 is 17.7 Å². The van der Waals surface area contributed by atoms with Crippen LogP contribution in [0.1, 0.15) is 52.7 Å². The second-order valence-corrected chi connectivity index (χ2v) is 36.9. The molecule has 0 spiro atoms. The number of nitrogens with zero attached hydrogens (tertiary/aromatic N) is 2. The molecule has 129 heavy (non-hydrogen) atoms. The third-order valence-electron chi connectivity index (χ3n) is 27.1. The Morgan fingerprint density at radius 2 is 0.465 bits per heavy atom. The summed E-state index contributed by atoms with van der Waals surface area (Å²) in [5, 5.41) is 8.33. The average molecular weight is 1650 g/mol. The van der Waals surface area contributed by atoms with Crippen molar-refractivity contribution in [1.82, 2.24) is 0 Å². The summed E-state index contributed by atoms with van der Waals surface area (Å²) in [5.74, 6) is 0. The maximum atomic E-state index is 7.08. The summed E-state index contributed by atoms with van der Waals surface area (Å²) in [4.78, 5) is 5.43. The van der Waals surface area contributed by atoms with Crippen LogP contribution in [-0.2, 0) is 10.8 Å². The van der Waals surface area contributed by atoms with Gasteiger partial charge in [0.15, 0.2) is 0 Å². The van der Waals surface area contributed by atoms with Crippen molar-refractivity contribution in [2.45, 2.75) is 52.4 Å². The predicted octanol–water partition coefficient (Wildman–Crippen LogP) is 32.6. The van der Waals surface area contributed by atoms with Crippen molar-refractivity contribution in [2.24, 2.45) is 0 Å². The van der Waals surface area contributed by atoms with Crippen molar-refractivity contribution >= 4 is 145 Å². The Hall–Kier alpha value is -16.0. The van der Waals surface area contributed by atoms with Crippen molar-refractivity contribution in [3.63, 3.8) is 0 Å². The molecule has 19 aromatic carbocycles. The molecule has 0 aliphatic carbocycles. The third kappa shape index (κ3) is 12.3. The van der Waals surface area contributed by atoms with Gasteiger partial charge in [-0.2, -0.15) is 0 Å². The molecule has 0 saturated carbocycles. The van der Waals surface area contributed by atoms with E-state index in [-0.39, 0.29) is 10.8 Å². The Morgan fingerprint density at radius 1 is 0.194 bits per heavy atom. The molecule has 0 radical (unpaired) electrons. The van der Waals surface area contributed by atoms with E-state index < -0.39 is 6.71 Å². The molecule has 7 heteroatoms. The highest BCUT2D eigenvalue weighted by Gasteiger charge is 2.47. The fraction of sp³-hybridized carbons (Fsp3) is 0.0656. The van der Waals surface area contributed by atoms with E-state index in [1.54, 1.807) is 0 Å². The van der Waals surface area contributed by atoms with E-state index in [1.165, 1.54) is 11.1 Å². The second kappa shape index (κ2) is 29.3. The zero-order valence-corrected chi connectivity index (χ0v) is 72.3. The number of benzene rings is 19. The molecule has 610 valence electrons. The minimum absolute atomic E-state index is 0.368. The van der Waals surface area contributed by atoms with E-state index in [1.807, 2.05) is 0 Å².